The monoisotopic (exact) mass is 226 g/mol. The summed E-state index contributed by atoms with van der Waals surface area (Å²) in [6, 6.07) is 0. The average Bonchev–Trinajstić information content (AvgIpc) is 3.15. The van der Waals surface area contributed by atoms with Crippen molar-refractivity contribution < 1.29 is 14.2 Å². The molecule has 16 heavy (non-hydrogen) atoms. The van der Waals surface area contributed by atoms with Gasteiger partial charge in [0, 0.05) is 6.61 Å². The van der Waals surface area contributed by atoms with E-state index in [1.54, 1.807) is 6.26 Å². The van der Waals surface area contributed by atoms with E-state index < -0.39 is 0 Å². The van der Waals surface area contributed by atoms with Crippen LogP contribution in [0.5, 0.6) is 0 Å². The molecule has 0 N–H and O–H groups in total. The second kappa shape index (κ2) is 5.19. The van der Waals surface area contributed by atoms with Gasteiger partial charge in [-0.15, -0.1) is 0 Å². The summed E-state index contributed by atoms with van der Waals surface area (Å²) in [5.74, 6) is 1.67. The lowest BCUT2D eigenvalue weighted by Gasteiger charge is -2.15. The fourth-order valence-electron chi connectivity index (χ4n) is 1.92. The molecule has 2 rings (SSSR count). The molecule has 2 aliphatic rings. The zero-order valence-corrected chi connectivity index (χ0v) is 10.3. The summed E-state index contributed by atoms with van der Waals surface area (Å²) in [5.41, 5.74) is -0.191. The molecule has 92 valence electrons. The summed E-state index contributed by atoms with van der Waals surface area (Å²) in [6.07, 6.45) is 6.81. The van der Waals surface area contributed by atoms with Gasteiger partial charge in [-0.05, 0) is 12.3 Å². The summed E-state index contributed by atoms with van der Waals surface area (Å²) in [5, 5.41) is 0. The standard InChI is InChI=1S/C13H22O3/c1-3-5-6-11(4-2)7-14-9-13(10-16-13)12-8-15-12/h8,11H,3-7,9-10H2,1-2H3. The minimum absolute atomic E-state index is 0.191. The largest absolute Gasteiger partial charge is 0.459 e. The third-order valence-electron chi connectivity index (χ3n) is 3.41. The van der Waals surface area contributed by atoms with Crippen LogP contribution in [0.15, 0.2) is 12.0 Å². The van der Waals surface area contributed by atoms with Gasteiger partial charge >= 0.3 is 0 Å². The fraction of sp³-hybridized carbons (Fsp3) is 0.846. The molecular weight excluding hydrogens is 204 g/mol. The molecule has 0 radical (unpaired) electrons. The maximum absolute atomic E-state index is 5.77. The first-order chi connectivity index (χ1) is 7.80. The van der Waals surface area contributed by atoms with Gasteiger partial charge in [-0.1, -0.05) is 33.1 Å². The van der Waals surface area contributed by atoms with E-state index in [9.17, 15) is 0 Å². The van der Waals surface area contributed by atoms with Crippen molar-refractivity contribution in [3.8, 4) is 0 Å². The van der Waals surface area contributed by atoms with Crippen LogP contribution in [0.25, 0.3) is 0 Å². The van der Waals surface area contributed by atoms with Crippen LogP contribution in [0, 0.1) is 5.92 Å². The first-order valence-corrected chi connectivity index (χ1v) is 6.39. The zero-order chi connectivity index (χ0) is 11.4. The molecule has 2 atom stereocenters. The number of hydrogen-bond acceptors (Lipinski definition) is 3. The van der Waals surface area contributed by atoms with E-state index in [1.165, 1.54) is 25.7 Å². The molecule has 2 aliphatic heterocycles. The highest BCUT2D eigenvalue weighted by molar-refractivity contribution is 5.24. The Morgan fingerprint density at radius 2 is 2.25 bits per heavy atom. The molecule has 3 heteroatoms. The highest BCUT2D eigenvalue weighted by Crippen LogP contribution is 2.42. The molecule has 0 saturated carbocycles. The number of rotatable bonds is 9. The molecule has 2 heterocycles. The SMILES string of the molecule is CCCCC(CC)COCC1(C2=CO2)CO1. The van der Waals surface area contributed by atoms with Crippen LogP contribution >= 0.6 is 0 Å². The van der Waals surface area contributed by atoms with E-state index in [-0.39, 0.29) is 5.60 Å². The summed E-state index contributed by atoms with van der Waals surface area (Å²) in [7, 11) is 0. The third kappa shape index (κ3) is 2.98. The van der Waals surface area contributed by atoms with Gasteiger partial charge in [0.1, 0.15) is 6.26 Å². The van der Waals surface area contributed by atoms with Crippen LogP contribution in [0.3, 0.4) is 0 Å². The first-order valence-electron chi connectivity index (χ1n) is 6.39. The molecule has 0 aromatic carbocycles. The van der Waals surface area contributed by atoms with Gasteiger partial charge < -0.3 is 14.2 Å². The van der Waals surface area contributed by atoms with E-state index in [0.717, 1.165) is 19.0 Å². The topological polar surface area (TPSA) is 34.3 Å². The fourth-order valence-corrected chi connectivity index (χ4v) is 1.92. The number of hydrogen-bond donors (Lipinski definition) is 0. The maximum atomic E-state index is 5.77. The van der Waals surface area contributed by atoms with Gasteiger partial charge in [0.05, 0.1) is 13.2 Å². The molecule has 0 aliphatic carbocycles. The van der Waals surface area contributed by atoms with Crippen molar-refractivity contribution in [3.05, 3.63) is 12.0 Å². The number of epoxide rings is 1. The summed E-state index contributed by atoms with van der Waals surface area (Å²) >= 11 is 0. The molecule has 0 bridgehead atoms. The van der Waals surface area contributed by atoms with E-state index >= 15 is 0 Å². The molecule has 1 saturated heterocycles. The number of unbranched alkanes of at least 4 members (excludes halogenated alkanes) is 1. The van der Waals surface area contributed by atoms with Gasteiger partial charge in [-0.25, -0.2) is 0 Å². The second-order valence-electron chi connectivity index (χ2n) is 4.81. The predicted octanol–water partition coefficient (Wildman–Crippen LogP) is 2.86. The van der Waals surface area contributed by atoms with Crippen molar-refractivity contribution in [3.63, 3.8) is 0 Å². The zero-order valence-electron chi connectivity index (χ0n) is 10.3. The van der Waals surface area contributed by atoms with E-state index in [2.05, 4.69) is 13.8 Å². The Morgan fingerprint density at radius 3 is 2.75 bits per heavy atom. The predicted molar refractivity (Wildman–Crippen MR) is 62.0 cm³/mol. The average molecular weight is 226 g/mol. The Kier molecular flexibility index (Phi) is 3.87. The Morgan fingerprint density at radius 1 is 1.50 bits per heavy atom. The van der Waals surface area contributed by atoms with Crippen LogP contribution in [0.1, 0.15) is 39.5 Å². The molecule has 0 aromatic rings. The smallest absolute Gasteiger partial charge is 0.175 e. The lowest BCUT2D eigenvalue weighted by atomic mass is 10.0. The first kappa shape index (κ1) is 11.9. The van der Waals surface area contributed by atoms with Gasteiger partial charge in [0.25, 0.3) is 0 Å². The van der Waals surface area contributed by atoms with Crippen molar-refractivity contribution in [1.82, 2.24) is 0 Å². The number of ether oxygens (including phenoxy) is 3. The normalized spacial score (nSPS) is 28.2. The molecular formula is C13H22O3. The van der Waals surface area contributed by atoms with Crippen LogP contribution in [-0.2, 0) is 14.2 Å². The highest BCUT2D eigenvalue weighted by atomic mass is 16.7. The van der Waals surface area contributed by atoms with Crippen molar-refractivity contribution in [2.75, 3.05) is 19.8 Å². The van der Waals surface area contributed by atoms with Gasteiger partial charge in [0.2, 0.25) is 0 Å². The molecule has 0 spiro atoms. The van der Waals surface area contributed by atoms with E-state index in [1.807, 2.05) is 0 Å². The lowest BCUT2D eigenvalue weighted by Crippen LogP contribution is -2.21. The second-order valence-corrected chi connectivity index (χ2v) is 4.81. The Bertz CT molecular complexity index is 256. The van der Waals surface area contributed by atoms with E-state index in [0.29, 0.717) is 12.5 Å². The molecule has 0 amide bonds. The Balaban J connectivity index is 1.60. The van der Waals surface area contributed by atoms with Crippen molar-refractivity contribution in [2.24, 2.45) is 5.92 Å². The van der Waals surface area contributed by atoms with Gasteiger partial charge in [-0.3, -0.25) is 0 Å². The van der Waals surface area contributed by atoms with Crippen LogP contribution in [0.4, 0.5) is 0 Å². The highest BCUT2D eigenvalue weighted by Gasteiger charge is 2.54. The maximum Gasteiger partial charge on any atom is 0.175 e. The summed E-state index contributed by atoms with van der Waals surface area (Å²) in [4.78, 5) is 0. The minimum atomic E-state index is -0.191. The summed E-state index contributed by atoms with van der Waals surface area (Å²) < 4.78 is 16.2. The van der Waals surface area contributed by atoms with Crippen molar-refractivity contribution in [2.45, 2.75) is 45.1 Å². The quantitative estimate of drug-likeness (QED) is 0.567. The van der Waals surface area contributed by atoms with Crippen molar-refractivity contribution in [1.29, 1.82) is 0 Å². The summed E-state index contributed by atoms with van der Waals surface area (Å²) in [6.45, 7) is 6.73. The molecule has 0 aromatic heterocycles. The van der Waals surface area contributed by atoms with Crippen LogP contribution in [0.2, 0.25) is 0 Å². The molecule has 2 unspecified atom stereocenters. The molecule has 3 nitrogen and oxygen atoms in total. The third-order valence-corrected chi connectivity index (χ3v) is 3.41. The van der Waals surface area contributed by atoms with Gasteiger partial charge in [-0.2, -0.15) is 0 Å². The van der Waals surface area contributed by atoms with Crippen molar-refractivity contribution >= 4 is 0 Å². The minimum Gasteiger partial charge on any atom is -0.459 e. The Labute approximate surface area is 97.8 Å². The van der Waals surface area contributed by atoms with Crippen LogP contribution in [-0.4, -0.2) is 25.4 Å². The molecule has 1 fully saturated rings. The Hall–Kier alpha value is -0.540. The van der Waals surface area contributed by atoms with E-state index in [4.69, 9.17) is 14.2 Å². The van der Waals surface area contributed by atoms with Gasteiger partial charge in [0.15, 0.2) is 11.4 Å². The van der Waals surface area contributed by atoms with Crippen LogP contribution < -0.4 is 0 Å². The lowest BCUT2D eigenvalue weighted by molar-refractivity contribution is 0.0573.